The normalized spacial score (nSPS) is 35.3. The SMILES string of the molecule is C=CCCC1C(=O)C(C)(C)C(O)CC(=O)NC(C(C)=Cc2coc(C)n2)CC2OC2(C)CCCC(C)C1O. The number of nitrogens with zero attached hydrogens (tertiary/aromatic N) is 1. The van der Waals surface area contributed by atoms with Crippen LogP contribution in [0.2, 0.25) is 0 Å². The van der Waals surface area contributed by atoms with Crippen LogP contribution in [0, 0.1) is 24.2 Å². The summed E-state index contributed by atoms with van der Waals surface area (Å²) >= 11 is 0. The zero-order valence-corrected chi connectivity index (χ0v) is 23.8. The molecule has 212 valence electrons. The Kier molecular flexibility index (Phi) is 9.76. The fraction of sp³-hybridized carbons (Fsp3) is 0.700. The number of carbonyl (C=O) groups is 2. The first kappa shape index (κ1) is 30.3. The van der Waals surface area contributed by atoms with Gasteiger partial charge in [0.1, 0.15) is 17.7 Å². The monoisotopic (exact) mass is 530 g/mol. The second kappa shape index (κ2) is 12.3. The maximum atomic E-state index is 13.7. The molecule has 0 saturated carbocycles. The number of carbonyl (C=O) groups excluding carboxylic acids is 2. The molecule has 0 radical (unpaired) electrons. The fourth-order valence-electron chi connectivity index (χ4n) is 5.58. The second-order valence-electron chi connectivity index (χ2n) is 12.1. The Morgan fingerprint density at radius 1 is 1.29 bits per heavy atom. The minimum Gasteiger partial charge on any atom is -0.449 e. The van der Waals surface area contributed by atoms with Gasteiger partial charge in [0.05, 0.1) is 41.8 Å². The van der Waals surface area contributed by atoms with E-state index in [-0.39, 0.29) is 41.8 Å². The minimum atomic E-state index is -1.21. The van der Waals surface area contributed by atoms with E-state index in [9.17, 15) is 19.8 Å². The van der Waals surface area contributed by atoms with Gasteiger partial charge in [-0.2, -0.15) is 0 Å². The number of Topliss-reactive ketones (excluding diaryl/α,β-unsaturated/α-hetero) is 1. The first-order valence-corrected chi connectivity index (χ1v) is 13.9. The lowest BCUT2D eigenvalue weighted by atomic mass is 9.71. The molecule has 3 N–H and O–H groups in total. The highest BCUT2D eigenvalue weighted by atomic mass is 16.6. The number of aliphatic hydroxyl groups excluding tert-OH is 2. The topological polar surface area (TPSA) is 125 Å². The first-order chi connectivity index (χ1) is 17.8. The lowest BCUT2D eigenvalue weighted by Gasteiger charge is -2.36. The van der Waals surface area contributed by atoms with Gasteiger partial charge in [0, 0.05) is 19.3 Å². The molecule has 0 spiro atoms. The van der Waals surface area contributed by atoms with E-state index in [4.69, 9.17) is 9.15 Å². The summed E-state index contributed by atoms with van der Waals surface area (Å²) in [7, 11) is 0. The summed E-state index contributed by atoms with van der Waals surface area (Å²) in [5.74, 6) is -0.753. The van der Waals surface area contributed by atoms with Crippen molar-refractivity contribution in [2.24, 2.45) is 17.3 Å². The number of amides is 1. The maximum Gasteiger partial charge on any atom is 0.223 e. The smallest absolute Gasteiger partial charge is 0.223 e. The highest BCUT2D eigenvalue weighted by molar-refractivity contribution is 5.88. The number of nitrogens with one attached hydrogen (secondary N) is 1. The molecule has 3 heterocycles. The number of fused-ring (bicyclic) bond motifs is 1. The van der Waals surface area contributed by atoms with Crippen molar-refractivity contribution >= 4 is 17.8 Å². The van der Waals surface area contributed by atoms with Crippen LogP contribution >= 0.6 is 0 Å². The molecule has 7 atom stereocenters. The number of ether oxygens (including phenoxy) is 1. The quantitative estimate of drug-likeness (QED) is 0.377. The van der Waals surface area contributed by atoms with Crippen molar-refractivity contribution in [2.45, 2.75) is 116 Å². The van der Waals surface area contributed by atoms with E-state index < -0.39 is 23.5 Å². The van der Waals surface area contributed by atoms with Crippen molar-refractivity contribution in [2.75, 3.05) is 0 Å². The molecular formula is C30H46N2O6. The van der Waals surface area contributed by atoms with Gasteiger partial charge in [-0.15, -0.1) is 6.58 Å². The Labute approximate surface area is 226 Å². The number of rotatable bonds is 5. The summed E-state index contributed by atoms with van der Waals surface area (Å²) in [6.45, 7) is 14.9. The molecule has 2 aliphatic rings. The number of hydrogen-bond acceptors (Lipinski definition) is 7. The molecule has 0 aromatic carbocycles. The molecule has 7 unspecified atom stereocenters. The van der Waals surface area contributed by atoms with Crippen molar-refractivity contribution in [3.8, 4) is 0 Å². The predicted octanol–water partition coefficient (Wildman–Crippen LogP) is 4.53. The Bertz CT molecular complexity index is 1030. The van der Waals surface area contributed by atoms with Crippen LogP contribution in [0.25, 0.3) is 6.08 Å². The summed E-state index contributed by atoms with van der Waals surface area (Å²) in [5, 5.41) is 25.4. The van der Waals surface area contributed by atoms with E-state index in [2.05, 4.69) is 23.8 Å². The lowest BCUT2D eigenvalue weighted by Crippen LogP contribution is -2.48. The van der Waals surface area contributed by atoms with Crippen LogP contribution in [0.5, 0.6) is 0 Å². The van der Waals surface area contributed by atoms with Crippen molar-refractivity contribution < 1.29 is 29.0 Å². The molecule has 38 heavy (non-hydrogen) atoms. The van der Waals surface area contributed by atoms with E-state index in [1.165, 1.54) is 0 Å². The number of allylic oxidation sites excluding steroid dienone is 1. The molecule has 8 nitrogen and oxygen atoms in total. The van der Waals surface area contributed by atoms with Crippen molar-refractivity contribution in [3.05, 3.63) is 36.1 Å². The number of aryl methyl sites for hydroxylation is 1. The highest BCUT2D eigenvalue weighted by Crippen LogP contribution is 2.44. The van der Waals surface area contributed by atoms with E-state index in [0.717, 1.165) is 24.8 Å². The summed E-state index contributed by atoms with van der Waals surface area (Å²) < 4.78 is 11.4. The average Bonchev–Trinajstić information content (AvgIpc) is 3.29. The number of aliphatic hydroxyl groups is 2. The summed E-state index contributed by atoms with van der Waals surface area (Å²) in [6.07, 6.45) is 6.97. The van der Waals surface area contributed by atoms with E-state index in [1.54, 1.807) is 33.1 Å². The molecule has 1 amide bonds. The molecule has 0 bridgehead atoms. The highest BCUT2D eigenvalue weighted by Gasteiger charge is 2.52. The number of hydrogen-bond donors (Lipinski definition) is 3. The van der Waals surface area contributed by atoms with Gasteiger partial charge >= 0.3 is 0 Å². The Morgan fingerprint density at radius 2 is 2.00 bits per heavy atom. The van der Waals surface area contributed by atoms with Crippen LogP contribution in [0.4, 0.5) is 0 Å². The molecule has 8 heteroatoms. The molecule has 2 saturated heterocycles. The fourth-order valence-corrected chi connectivity index (χ4v) is 5.58. The zero-order valence-electron chi connectivity index (χ0n) is 23.8. The Hall–Kier alpha value is -2.29. The maximum absolute atomic E-state index is 13.7. The molecule has 3 rings (SSSR count). The Morgan fingerprint density at radius 3 is 2.63 bits per heavy atom. The Balaban J connectivity index is 1.88. The van der Waals surface area contributed by atoms with Crippen LogP contribution in [0.15, 0.2) is 28.9 Å². The van der Waals surface area contributed by atoms with Crippen LogP contribution in [-0.2, 0) is 14.3 Å². The van der Waals surface area contributed by atoms with Gasteiger partial charge in [-0.3, -0.25) is 9.59 Å². The van der Waals surface area contributed by atoms with Gasteiger partial charge in [-0.05, 0) is 57.1 Å². The number of aromatic nitrogens is 1. The standard InChI is InChI=1S/C30H46N2O6/c1-8-9-12-22-27(35)18(2)11-10-13-30(7)25(38-30)15-23(19(3)14-21-17-37-20(4)31-21)32-26(34)16-24(33)29(5,6)28(22)36/h8,14,17-18,22-25,27,33,35H,1,9-13,15-16H2,2-7H3,(H,32,34). The van der Waals surface area contributed by atoms with Gasteiger partial charge in [-0.1, -0.05) is 33.3 Å². The molecule has 1 aromatic heterocycles. The van der Waals surface area contributed by atoms with Gasteiger partial charge in [0.2, 0.25) is 5.91 Å². The van der Waals surface area contributed by atoms with Gasteiger partial charge in [-0.25, -0.2) is 4.98 Å². The van der Waals surface area contributed by atoms with Gasteiger partial charge < -0.3 is 24.7 Å². The van der Waals surface area contributed by atoms with E-state index in [1.807, 2.05) is 19.9 Å². The third kappa shape index (κ3) is 7.21. The zero-order chi connectivity index (χ0) is 28.3. The third-order valence-electron chi connectivity index (χ3n) is 8.58. The summed E-state index contributed by atoms with van der Waals surface area (Å²) in [4.78, 5) is 31.2. The van der Waals surface area contributed by atoms with Crippen LogP contribution in [0.1, 0.15) is 91.1 Å². The van der Waals surface area contributed by atoms with Crippen LogP contribution < -0.4 is 5.32 Å². The average molecular weight is 531 g/mol. The lowest BCUT2D eigenvalue weighted by molar-refractivity contribution is -0.144. The number of epoxide rings is 1. The third-order valence-corrected chi connectivity index (χ3v) is 8.58. The number of oxazole rings is 1. The molecule has 1 aromatic rings. The largest absolute Gasteiger partial charge is 0.449 e. The molecule has 2 aliphatic heterocycles. The summed E-state index contributed by atoms with van der Waals surface area (Å²) in [5.41, 5.74) is 0.0645. The number of ketones is 1. The second-order valence-corrected chi connectivity index (χ2v) is 12.1. The van der Waals surface area contributed by atoms with Crippen molar-refractivity contribution in [3.63, 3.8) is 0 Å². The first-order valence-electron chi connectivity index (χ1n) is 13.9. The van der Waals surface area contributed by atoms with Crippen molar-refractivity contribution in [1.29, 1.82) is 0 Å². The molecular weight excluding hydrogens is 484 g/mol. The summed E-state index contributed by atoms with van der Waals surface area (Å²) in [6, 6.07) is -0.327. The minimum absolute atomic E-state index is 0.0217. The van der Waals surface area contributed by atoms with E-state index >= 15 is 0 Å². The predicted molar refractivity (Wildman–Crippen MR) is 146 cm³/mol. The van der Waals surface area contributed by atoms with Gasteiger partial charge in [0.15, 0.2) is 5.89 Å². The molecule has 0 aliphatic carbocycles. The van der Waals surface area contributed by atoms with Crippen molar-refractivity contribution in [1.82, 2.24) is 10.3 Å². The van der Waals surface area contributed by atoms with Gasteiger partial charge in [0.25, 0.3) is 0 Å². The molecule has 2 fully saturated rings. The van der Waals surface area contributed by atoms with Crippen LogP contribution in [-0.4, -0.2) is 56.8 Å². The van der Waals surface area contributed by atoms with Crippen LogP contribution in [0.3, 0.4) is 0 Å². The van der Waals surface area contributed by atoms with E-state index in [0.29, 0.717) is 30.8 Å².